The Hall–Kier alpha value is -3.41. The molecule has 0 bridgehead atoms. The van der Waals surface area contributed by atoms with Gasteiger partial charge >= 0.3 is 0 Å². The van der Waals surface area contributed by atoms with Crippen molar-refractivity contribution in [2.24, 2.45) is 0 Å². The van der Waals surface area contributed by atoms with Crippen molar-refractivity contribution in [2.75, 3.05) is 19.0 Å². The smallest absolute Gasteiger partial charge is 0.270 e. The summed E-state index contributed by atoms with van der Waals surface area (Å²) < 4.78 is 5.15. The maximum absolute atomic E-state index is 12.4. The molecule has 6 nitrogen and oxygen atoms in total. The van der Waals surface area contributed by atoms with Crippen LogP contribution >= 0.6 is 0 Å². The fourth-order valence-electron chi connectivity index (χ4n) is 2.76. The van der Waals surface area contributed by atoms with Crippen LogP contribution in [0.15, 0.2) is 54.9 Å². The van der Waals surface area contributed by atoms with E-state index in [-0.39, 0.29) is 5.91 Å². The number of benzene rings is 2. The number of aromatic nitrogens is 2. The molecule has 2 aromatic carbocycles. The number of ether oxygens (including phenoxy) is 1. The van der Waals surface area contributed by atoms with Crippen LogP contribution in [0.4, 0.5) is 11.5 Å². The molecule has 28 heavy (non-hydrogen) atoms. The van der Waals surface area contributed by atoms with Crippen molar-refractivity contribution in [2.45, 2.75) is 20.3 Å². The van der Waals surface area contributed by atoms with Gasteiger partial charge in [-0.15, -0.1) is 0 Å². The first-order valence-corrected chi connectivity index (χ1v) is 9.12. The molecule has 0 unspecified atom stereocenters. The molecular formula is C22H24N4O2. The van der Waals surface area contributed by atoms with Crippen LogP contribution in [0.5, 0.6) is 5.75 Å². The summed E-state index contributed by atoms with van der Waals surface area (Å²) in [5, 5.41) is 6.16. The first-order chi connectivity index (χ1) is 13.5. The summed E-state index contributed by atoms with van der Waals surface area (Å²) in [6.45, 7) is 4.58. The molecule has 0 aliphatic heterocycles. The van der Waals surface area contributed by atoms with Gasteiger partial charge in [0, 0.05) is 18.3 Å². The monoisotopic (exact) mass is 376 g/mol. The first kappa shape index (κ1) is 19.4. The van der Waals surface area contributed by atoms with Crippen LogP contribution in [0.2, 0.25) is 0 Å². The molecule has 0 atom stereocenters. The quantitative estimate of drug-likeness (QED) is 0.656. The number of carbonyl (C=O) groups excluding carboxylic acids is 1. The normalized spacial score (nSPS) is 10.4. The van der Waals surface area contributed by atoms with E-state index in [0.717, 1.165) is 34.5 Å². The number of rotatable bonds is 7. The Bertz CT molecular complexity index is 955. The summed E-state index contributed by atoms with van der Waals surface area (Å²) in [4.78, 5) is 20.7. The van der Waals surface area contributed by atoms with Gasteiger partial charge in [0.05, 0.1) is 7.11 Å². The van der Waals surface area contributed by atoms with Crippen molar-refractivity contribution in [3.63, 3.8) is 0 Å². The molecule has 0 fully saturated rings. The molecule has 0 saturated heterocycles. The number of carbonyl (C=O) groups is 1. The molecule has 1 aromatic heterocycles. The van der Waals surface area contributed by atoms with Crippen molar-refractivity contribution in [3.8, 4) is 5.75 Å². The molecule has 2 N–H and O–H groups in total. The summed E-state index contributed by atoms with van der Waals surface area (Å²) in [7, 11) is 1.64. The van der Waals surface area contributed by atoms with Crippen LogP contribution in [-0.2, 0) is 6.42 Å². The molecule has 3 aromatic rings. The van der Waals surface area contributed by atoms with E-state index in [1.165, 1.54) is 6.33 Å². The molecule has 1 amide bonds. The number of methoxy groups -OCH3 is 1. The zero-order valence-electron chi connectivity index (χ0n) is 16.3. The molecule has 6 heteroatoms. The summed E-state index contributed by atoms with van der Waals surface area (Å²) in [6.07, 6.45) is 2.13. The highest BCUT2D eigenvalue weighted by Crippen LogP contribution is 2.20. The van der Waals surface area contributed by atoms with Crippen LogP contribution in [0.3, 0.4) is 0 Å². The Morgan fingerprint density at radius 2 is 1.82 bits per heavy atom. The number of nitrogens with zero attached hydrogens (tertiary/aromatic N) is 2. The Balaban J connectivity index is 1.59. The van der Waals surface area contributed by atoms with Crippen molar-refractivity contribution in [1.29, 1.82) is 0 Å². The molecule has 0 spiro atoms. The van der Waals surface area contributed by atoms with E-state index in [2.05, 4.69) is 26.7 Å². The number of anilines is 2. The van der Waals surface area contributed by atoms with Gasteiger partial charge in [-0.25, -0.2) is 9.97 Å². The predicted molar refractivity (Wildman–Crippen MR) is 110 cm³/mol. The number of hydrogen-bond donors (Lipinski definition) is 2. The zero-order chi connectivity index (χ0) is 19.9. The van der Waals surface area contributed by atoms with E-state index >= 15 is 0 Å². The molecule has 1 heterocycles. The minimum absolute atomic E-state index is 0.222. The highest BCUT2D eigenvalue weighted by atomic mass is 16.5. The minimum Gasteiger partial charge on any atom is -0.497 e. The Morgan fingerprint density at radius 3 is 2.57 bits per heavy atom. The molecule has 0 saturated carbocycles. The fourth-order valence-corrected chi connectivity index (χ4v) is 2.76. The van der Waals surface area contributed by atoms with Crippen molar-refractivity contribution < 1.29 is 9.53 Å². The van der Waals surface area contributed by atoms with Crippen LogP contribution < -0.4 is 15.4 Å². The lowest BCUT2D eigenvalue weighted by Gasteiger charge is -2.11. The number of aryl methyl sites for hydroxylation is 2. The minimum atomic E-state index is -0.222. The van der Waals surface area contributed by atoms with Crippen LogP contribution in [0.25, 0.3) is 0 Å². The first-order valence-electron chi connectivity index (χ1n) is 9.12. The lowest BCUT2D eigenvalue weighted by atomic mass is 10.1. The maximum atomic E-state index is 12.4. The third-order valence-corrected chi connectivity index (χ3v) is 4.41. The topological polar surface area (TPSA) is 76.1 Å². The van der Waals surface area contributed by atoms with Crippen LogP contribution in [0, 0.1) is 13.8 Å². The molecular weight excluding hydrogens is 352 g/mol. The lowest BCUT2D eigenvalue weighted by molar-refractivity contribution is 0.0949. The van der Waals surface area contributed by atoms with Crippen LogP contribution in [-0.4, -0.2) is 29.5 Å². The number of amides is 1. The zero-order valence-corrected chi connectivity index (χ0v) is 16.3. The fraction of sp³-hybridized carbons (Fsp3) is 0.227. The van der Waals surface area contributed by atoms with Gasteiger partial charge in [-0.3, -0.25) is 4.79 Å². The highest BCUT2D eigenvalue weighted by molar-refractivity contribution is 5.93. The third-order valence-electron chi connectivity index (χ3n) is 4.41. The standard InChI is InChI=1S/C22H24N4O2/c1-15-4-5-16(2)19(12-15)26-21-13-20(24-14-25-21)22(27)23-11-10-17-6-8-18(28-3)9-7-17/h4-9,12-14H,10-11H2,1-3H3,(H,23,27)(H,24,25,26). The second kappa shape index (κ2) is 8.99. The van der Waals surface area contributed by atoms with Gasteiger partial charge in [0.2, 0.25) is 0 Å². The summed E-state index contributed by atoms with van der Waals surface area (Å²) in [6, 6.07) is 15.6. The second-order valence-electron chi connectivity index (χ2n) is 6.59. The van der Waals surface area contributed by atoms with Crippen molar-refractivity contribution in [3.05, 3.63) is 77.2 Å². The maximum Gasteiger partial charge on any atom is 0.270 e. The van der Waals surface area contributed by atoms with E-state index in [1.807, 2.05) is 50.2 Å². The van der Waals surface area contributed by atoms with Gasteiger partial charge in [0.15, 0.2) is 0 Å². The molecule has 0 radical (unpaired) electrons. The molecule has 144 valence electrons. The Morgan fingerprint density at radius 1 is 1.04 bits per heavy atom. The van der Waals surface area contributed by atoms with Gasteiger partial charge in [0.1, 0.15) is 23.6 Å². The van der Waals surface area contributed by atoms with Gasteiger partial charge < -0.3 is 15.4 Å². The number of hydrogen-bond acceptors (Lipinski definition) is 5. The third kappa shape index (κ3) is 5.07. The second-order valence-corrected chi connectivity index (χ2v) is 6.59. The average molecular weight is 376 g/mol. The molecule has 0 aliphatic rings. The SMILES string of the molecule is COc1ccc(CCNC(=O)c2cc(Nc3cc(C)ccc3C)ncn2)cc1. The van der Waals surface area contributed by atoms with Gasteiger partial charge in [-0.05, 0) is 55.2 Å². The Kier molecular flexibility index (Phi) is 6.22. The summed E-state index contributed by atoms with van der Waals surface area (Å²) in [5.41, 5.74) is 4.68. The number of nitrogens with one attached hydrogen (secondary N) is 2. The van der Waals surface area contributed by atoms with Gasteiger partial charge in [-0.1, -0.05) is 24.3 Å². The van der Waals surface area contributed by atoms with Gasteiger partial charge in [0.25, 0.3) is 5.91 Å². The van der Waals surface area contributed by atoms with Gasteiger partial charge in [-0.2, -0.15) is 0 Å². The van der Waals surface area contributed by atoms with E-state index in [4.69, 9.17) is 4.74 Å². The van der Waals surface area contributed by atoms with Crippen LogP contribution in [0.1, 0.15) is 27.2 Å². The van der Waals surface area contributed by atoms with E-state index in [0.29, 0.717) is 18.1 Å². The lowest BCUT2D eigenvalue weighted by Crippen LogP contribution is -2.26. The average Bonchev–Trinajstić information content (AvgIpc) is 2.71. The van der Waals surface area contributed by atoms with Crippen molar-refractivity contribution >= 4 is 17.4 Å². The summed E-state index contributed by atoms with van der Waals surface area (Å²) in [5.74, 6) is 1.18. The molecule has 3 rings (SSSR count). The van der Waals surface area contributed by atoms with E-state index < -0.39 is 0 Å². The Labute approximate surface area is 165 Å². The predicted octanol–water partition coefficient (Wildman–Crippen LogP) is 3.82. The summed E-state index contributed by atoms with van der Waals surface area (Å²) >= 11 is 0. The molecule has 0 aliphatic carbocycles. The van der Waals surface area contributed by atoms with E-state index in [9.17, 15) is 4.79 Å². The van der Waals surface area contributed by atoms with Crippen molar-refractivity contribution in [1.82, 2.24) is 15.3 Å². The van der Waals surface area contributed by atoms with E-state index in [1.54, 1.807) is 13.2 Å². The largest absolute Gasteiger partial charge is 0.497 e. The highest BCUT2D eigenvalue weighted by Gasteiger charge is 2.09.